The van der Waals surface area contributed by atoms with Crippen LogP contribution in [-0.2, 0) is 4.79 Å². The zero-order chi connectivity index (χ0) is 8.01. The Bertz CT molecular complexity index is 232. The molecule has 1 unspecified atom stereocenters. The van der Waals surface area contributed by atoms with Crippen molar-refractivity contribution in [1.82, 2.24) is 4.90 Å². The van der Waals surface area contributed by atoms with Crippen LogP contribution >= 0.6 is 20.7 Å². The van der Waals surface area contributed by atoms with E-state index in [1.165, 1.54) is 10.8 Å². The molecule has 11 heavy (non-hydrogen) atoms. The van der Waals surface area contributed by atoms with Crippen molar-refractivity contribution in [2.24, 2.45) is 0 Å². The van der Waals surface area contributed by atoms with Crippen LogP contribution in [0.5, 0.6) is 0 Å². The van der Waals surface area contributed by atoms with Gasteiger partial charge in [-0.25, -0.2) is 4.79 Å². The number of fused-ring (bicyclic) bond motifs is 1. The molecule has 2 saturated heterocycles. The summed E-state index contributed by atoms with van der Waals surface area (Å²) < 4.78 is 0. The third-order valence-corrected chi connectivity index (χ3v) is 5.98. The summed E-state index contributed by atoms with van der Waals surface area (Å²) in [5.41, 5.74) is 0. The van der Waals surface area contributed by atoms with Gasteiger partial charge in [-0.15, -0.1) is 0 Å². The first-order valence-corrected chi connectivity index (χ1v) is 6.16. The first-order valence-electron chi connectivity index (χ1n) is 3.15. The maximum Gasteiger partial charge on any atom is 0.355 e. The van der Waals surface area contributed by atoms with E-state index in [9.17, 15) is 9.59 Å². The molecule has 0 bridgehead atoms. The van der Waals surface area contributed by atoms with Gasteiger partial charge in [-0.1, -0.05) is 20.7 Å². The molecule has 2 aliphatic rings. The van der Waals surface area contributed by atoms with Crippen molar-refractivity contribution in [3.63, 3.8) is 0 Å². The number of β-lactam (4-membered cyclic amide) rings is 1. The van der Waals surface area contributed by atoms with Crippen LogP contribution in [0.1, 0.15) is 6.42 Å². The van der Waals surface area contributed by atoms with Crippen molar-refractivity contribution in [2.45, 2.75) is 11.8 Å². The Kier molecular flexibility index (Phi) is 1.53. The molecular weight excluding hydrogens is 186 g/mol. The monoisotopic (exact) mass is 193 g/mol. The Labute approximate surface area is 69.7 Å². The van der Waals surface area contributed by atoms with E-state index >= 15 is 0 Å². The van der Waals surface area contributed by atoms with Crippen LogP contribution in [0.4, 0.5) is 4.79 Å². The van der Waals surface area contributed by atoms with Crippen LogP contribution in [0.2, 0.25) is 0 Å². The highest BCUT2D eigenvalue weighted by Crippen LogP contribution is 2.56. The Balaban J connectivity index is 2.04. The smallest absolute Gasteiger partial charge is 0.355 e. The predicted molar refractivity (Wildman–Crippen MR) is 44.7 cm³/mol. The molecule has 2 rings (SSSR count). The van der Waals surface area contributed by atoms with Gasteiger partial charge >= 0.3 is 5.30 Å². The average Bonchev–Trinajstić information content (AvgIpc) is 2.26. The highest BCUT2D eigenvalue weighted by molar-refractivity contribution is 8.91. The molecule has 6 heteroatoms. The standard InChI is InChI=1S/C5H7NO3S2/c7-3-1-4-6(3)2-11(10-4)5(8)9/h4,11H,1-2H2,(H,8,9)/t4-/m1/s1. The molecule has 2 atom stereocenters. The number of nitrogens with zero attached hydrogens (tertiary/aromatic N) is 1. The lowest BCUT2D eigenvalue weighted by Crippen LogP contribution is -2.46. The van der Waals surface area contributed by atoms with E-state index in [0.29, 0.717) is 12.3 Å². The van der Waals surface area contributed by atoms with Crippen LogP contribution in [-0.4, -0.2) is 32.5 Å². The summed E-state index contributed by atoms with van der Waals surface area (Å²) in [5.74, 6) is 0.562. The zero-order valence-electron chi connectivity index (χ0n) is 5.56. The summed E-state index contributed by atoms with van der Waals surface area (Å²) in [5, 5.41) is 8.07. The first-order chi connectivity index (χ1) is 5.18. The third kappa shape index (κ3) is 1.01. The molecule has 4 nitrogen and oxygen atoms in total. The lowest BCUT2D eigenvalue weighted by atomic mass is 10.2. The van der Waals surface area contributed by atoms with Gasteiger partial charge in [0.2, 0.25) is 5.91 Å². The SMILES string of the molecule is O=C1C[C@H]2S[SH](C(=O)O)CN12. The molecule has 0 aromatic heterocycles. The summed E-state index contributed by atoms with van der Waals surface area (Å²) in [6.07, 6.45) is 0.538. The number of carbonyl (C=O) groups is 2. The molecule has 2 heterocycles. The van der Waals surface area contributed by atoms with Gasteiger partial charge in [0.1, 0.15) is 0 Å². The van der Waals surface area contributed by atoms with Gasteiger partial charge in [-0.3, -0.25) is 4.79 Å². The molecule has 62 valence electrons. The molecule has 1 N–H and O–H groups in total. The van der Waals surface area contributed by atoms with Crippen LogP contribution < -0.4 is 0 Å². The predicted octanol–water partition coefficient (Wildman–Crippen LogP) is 0.843. The lowest BCUT2D eigenvalue weighted by Gasteiger charge is -2.31. The number of amides is 1. The summed E-state index contributed by atoms with van der Waals surface area (Å²) >= 11 is 0. The quantitative estimate of drug-likeness (QED) is 0.340. The summed E-state index contributed by atoms with van der Waals surface area (Å²) in [6.45, 7) is 0. The number of thiol groups is 1. The van der Waals surface area contributed by atoms with Gasteiger partial charge in [0, 0.05) is 0 Å². The maximum atomic E-state index is 10.8. The van der Waals surface area contributed by atoms with E-state index in [0.717, 1.165) is 0 Å². The van der Waals surface area contributed by atoms with Crippen LogP contribution in [0.25, 0.3) is 0 Å². The second-order valence-electron chi connectivity index (χ2n) is 2.43. The Morgan fingerprint density at radius 1 is 1.82 bits per heavy atom. The second-order valence-corrected chi connectivity index (χ2v) is 6.56. The largest absolute Gasteiger partial charge is 0.474 e. The first kappa shape index (κ1) is 7.30. The molecule has 0 radical (unpaired) electrons. The molecule has 0 aliphatic carbocycles. The van der Waals surface area contributed by atoms with Gasteiger partial charge in [0.25, 0.3) is 0 Å². The minimum Gasteiger partial charge on any atom is -0.474 e. The van der Waals surface area contributed by atoms with E-state index in [1.807, 2.05) is 0 Å². The second kappa shape index (κ2) is 2.31. The van der Waals surface area contributed by atoms with Crippen molar-refractivity contribution in [3.8, 4) is 0 Å². The van der Waals surface area contributed by atoms with Crippen LogP contribution in [0.15, 0.2) is 0 Å². The van der Waals surface area contributed by atoms with E-state index < -0.39 is 15.2 Å². The summed E-state index contributed by atoms with van der Waals surface area (Å²) in [4.78, 5) is 23.0. The fraction of sp³-hybridized carbons (Fsp3) is 0.600. The molecule has 2 aliphatic heterocycles. The molecule has 0 saturated carbocycles. The minimum absolute atomic E-state index is 0.105. The molecule has 0 aromatic rings. The normalized spacial score (nSPS) is 38.2. The highest BCUT2D eigenvalue weighted by Gasteiger charge is 2.45. The van der Waals surface area contributed by atoms with Crippen LogP contribution in [0.3, 0.4) is 0 Å². The van der Waals surface area contributed by atoms with E-state index in [2.05, 4.69) is 0 Å². The van der Waals surface area contributed by atoms with Crippen molar-refractivity contribution in [2.75, 3.05) is 5.88 Å². The van der Waals surface area contributed by atoms with E-state index in [-0.39, 0.29) is 11.3 Å². The van der Waals surface area contributed by atoms with Gasteiger partial charge in [0.05, 0.1) is 17.7 Å². The number of rotatable bonds is 0. The molecular formula is C5H7NO3S2. The van der Waals surface area contributed by atoms with Crippen molar-refractivity contribution in [1.29, 1.82) is 0 Å². The number of hydrogen-bond donors (Lipinski definition) is 2. The summed E-state index contributed by atoms with van der Waals surface area (Å²) in [7, 11) is 0.434. The third-order valence-electron chi connectivity index (χ3n) is 1.76. The number of carbonyl (C=O) groups excluding carboxylic acids is 1. The van der Waals surface area contributed by atoms with Gasteiger partial charge in [0.15, 0.2) is 0 Å². The Morgan fingerprint density at radius 2 is 2.55 bits per heavy atom. The van der Waals surface area contributed by atoms with E-state index in [1.54, 1.807) is 4.90 Å². The fourth-order valence-corrected chi connectivity index (χ4v) is 5.24. The molecule has 0 aromatic carbocycles. The Hall–Kier alpha value is -0.360. The van der Waals surface area contributed by atoms with Gasteiger partial charge < -0.3 is 10.0 Å². The van der Waals surface area contributed by atoms with Gasteiger partial charge in [-0.05, 0) is 0 Å². The number of carboxylic acid groups (broad SMARTS) is 1. The van der Waals surface area contributed by atoms with E-state index in [4.69, 9.17) is 5.11 Å². The van der Waals surface area contributed by atoms with Crippen molar-refractivity contribution in [3.05, 3.63) is 0 Å². The highest BCUT2D eigenvalue weighted by atomic mass is 33.1. The van der Waals surface area contributed by atoms with Crippen LogP contribution in [0, 0.1) is 0 Å². The molecule has 1 amide bonds. The van der Waals surface area contributed by atoms with Gasteiger partial charge in [-0.2, -0.15) is 0 Å². The summed E-state index contributed by atoms with van der Waals surface area (Å²) in [6, 6.07) is 0. The maximum absolute atomic E-state index is 10.8. The zero-order valence-corrected chi connectivity index (χ0v) is 7.27. The van der Waals surface area contributed by atoms with Crippen molar-refractivity contribution < 1.29 is 14.7 Å². The van der Waals surface area contributed by atoms with Crippen molar-refractivity contribution >= 4 is 31.9 Å². The number of hydrogen-bond acceptors (Lipinski definition) is 3. The Morgan fingerprint density at radius 3 is 3.00 bits per heavy atom. The molecule has 0 spiro atoms. The fourth-order valence-electron chi connectivity index (χ4n) is 1.11. The lowest BCUT2D eigenvalue weighted by molar-refractivity contribution is -0.139. The topological polar surface area (TPSA) is 57.6 Å². The molecule has 2 fully saturated rings. The minimum atomic E-state index is -1.01. The average molecular weight is 193 g/mol.